The molecule has 0 atom stereocenters. The molecule has 0 aliphatic heterocycles. The molecule has 1 rings (SSSR count). The smallest absolute Gasteiger partial charge is 0.254 e. The van der Waals surface area contributed by atoms with Gasteiger partial charge in [0.15, 0.2) is 11.6 Å². The maximum absolute atomic E-state index is 12.6. The number of benzene rings is 1. The van der Waals surface area contributed by atoms with Gasteiger partial charge in [0.05, 0.1) is 5.56 Å². The molecule has 0 aliphatic carbocycles. The van der Waals surface area contributed by atoms with Crippen LogP contribution in [0.15, 0.2) is 18.2 Å². The molecule has 0 bridgehead atoms. The van der Waals surface area contributed by atoms with Crippen LogP contribution in [0.4, 0.5) is 4.39 Å². The standard InChI is InChI=1S/C8H8FNO2/c1-10-8(12)5-3-2-4-6(9)7(5)11/h2-4,11H,1H3,(H,10,12). The Balaban J connectivity index is 3.16. The molecular weight excluding hydrogens is 161 g/mol. The third-order valence-electron chi connectivity index (χ3n) is 1.46. The normalized spacial score (nSPS) is 9.50. The van der Waals surface area contributed by atoms with E-state index in [9.17, 15) is 9.18 Å². The minimum Gasteiger partial charge on any atom is -0.504 e. The minimum absolute atomic E-state index is 0.0579. The molecule has 64 valence electrons. The Hall–Kier alpha value is -1.58. The topological polar surface area (TPSA) is 49.3 Å². The van der Waals surface area contributed by atoms with Crippen molar-refractivity contribution in [1.29, 1.82) is 0 Å². The first-order valence-corrected chi connectivity index (χ1v) is 3.36. The van der Waals surface area contributed by atoms with Gasteiger partial charge < -0.3 is 10.4 Å². The van der Waals surface area contributed by atoms with Crippen molar-refractivity contribution in [3.63, 3.8) is 0 Å². The number of rotatable bonds is 1. The molecule has 0 saturated carbocycles. The van der Waals surface area contributed by atoms with Crippen molar-refractivity contribution in [2.75, 3.05) is 7.05 Å². The van der Waals surface area contributed by atoms with Crippen LogP contribution < -0.4 is 5.32 Å². The number of nitrogens with one attached hydrogen (secondary N) is 1. The zero-order valence-corrected chi connectivity index (χ0v) is 6.47. The van der Waals surface area contributed by atoms with Crippen LogP contribution in [-0.4, -0.2) is 18.1 Å². The second-order valence-corrected chi connectivity index (χ2v) is 2.22. The van der Waals surface area contributed by atoms with Crippen LogP contribution in [0.3, 0.4) is 0 Å². The Bertz CT molecular complexity index is 312. The third-order valence-corrected chi connectivity index (χ3v) is 1.46. The van der Waals surface area contributed by atoms with Crippen LogP contribution in [0.1, 0.15) is 10.4 Å². The molecule has 1 amide bonds. The Morgan fingerprint density at radius 3 is 2.83 bits per heavy atom. The van der Waals surface area contributed by atoms with Gasteiger partial charge in [-0.25, -0.2) is 4.39 Å². The number of amides is 1. The van der Waals surface area contributed by atoms with Crippen molar-refractivity contribution in [2.24, 2.45) is 0 Å². The molecule has 4 heteroatoms. The van der Waals surface area contributed by atoms with Gasteiger partial charge in [-0.05, 0) is 12.1 Å². The van der Waals surface area contributed by atoms with Gasteiger partial charge in [-0.15, -0.1) is 0 Å². The quantitative estimate of drug-likeness (QED) is 0.655. The molecule has 1 aromatic carbocycles. The summed E-state index contributed by atoms with van der Waals surface area (Å²) in [6.45, 7) is 0. The first-order chi connectivity index (χ1) is 5.66. The summed E-state index contributed by atoms with van der Waals surface area (Å²) in [7, 11) is 1.41. The molecule has 0 fully saturated rings. The highest BCUT2D eigenvalue weighted by Gasteiger charge is 2.11. The lowest BCUT2D eigenvalue weighted by atomic mass is 10.2. The number of halogens is 1. The molecule has 12 heavy (non-hydrogen) atoms. The summed E-state index contributed by atoms with van der Waals surface area (Å²) in [5, 5.41) is 11.3. The summed E-state index contributed by atoms with van der Waals surface area (Å²) in [4.78, 5) is 10.9. The molecule has 1 aromatic rings. The van der Waals surface area contributed by atoms with E-state index >= 15 is 0 Å². The van der Waals surface area contributed by atoms with E-state index in [1.165, 1.54) is 19.2 Å². The largest absolute Gasteiger partial charge is 0.504 e. The highest BCUT2D eigenvalue weighted by atomic mass is 19.1. The van der Waals surface area contributed by atoms with E-state index in [1.54, 1.807) is 0 Å². The van der Waals surface area contributed by atoms with Crippen molar-refractivity contribution in [3.8, 4) is 5.75 Å². The average molecular weight is 169 g/mol. The lowest BCUT2D eigenvalue weighted by Crippen LogP contribution is -2.18. The fourth-order valence-corrected chi connectivity index (χ4v) is 0.833. The van der Waals surface area contributed by atoms with E-state index in [4.69, 9.17) is 5.11 Å². The zero-order chi connectivity index (χ0) is 9.14. The number of carbonyl (C=O) groups is 1. The molecule has 0 saturated heterocycles. The van der Waals surface area contributed by atoms with Gasteiger partial charge in [-0.3, -0.25) is 4.79 Å². The summed E-state index contributed by atoms with van der Waals surface area (Å²) >= 11 is 0. The minimum atomic E-state index is -0.795. The number of aromatic hydroxyl groups is 1. The molecule has 0 aromatic heterocycles. The fraction of sp³-hybridized carbons (Fsp3) is 0.125. The molecule has 0 spiro atoms. The number of para-hydroxylation sites is 1. The Morgan fingerprint density at radius 1 is 1.58 bits per heavy atom. The average Bonchev–Trinajstić information content (AvgIpc) is 2.08. The summed E-state index contributed by atoms with van der Waals surface area (Å²) in [5.41, 5.74) is -0.0579. The predicted octanol–water partition coefficient (Wildman–Crippen LogP) is 0.891. The van der Waals surface area contributed by atoms with Crippen LogP contribution in [0.25, 0.3) is 0 Å². The SMILES string of the molecule is CNC(=O)c1cccc(F)c1O. The first-order valence-electron chi connectivity index (χ1n) is 3.36. The van der Waals surface area contributed by atoms with E-state index in [0.29, 0.717) is 0 Å². The summed E-state index contributed by atoms with van der Waals surface area (Å²) < 4.78 is 12.6. The summed E-state index contributed by atoms with van der Waals surface area (Å²) in [5.74, 6) is -1.92. The highest BCUT2D eigenvalue weighted by molar-refractivity contribution is 5.96. The summed E-state index contributed by atoms with van der Waals surface area (Å²) in [6, 6.07) is 3.79. The number of phenolic OH excluding ortho intramolecular Hbond substituents is 1. The van der Waals surface area contributed by atoms with Gasteiger partial charge in [-0.1, -0.05) is 6.07 Å². The van der Waals surface area contributed by atoms with Crippen LogP contribution in [0.2, 0.25) is 0 Å². The maximum Gasteiger partial charge on any atom is 0.254 e. The monoisotopic (exact) mass is 169 g/mol. The molecular formula is C8H8FNO2. The second-order valence-electron chi connectivity index (χ2n) is 2.22. The second kappa shape index (κ2) is 3.21. The van der Waals surface area contributed by atoms with Crippen molar-refractivity contribution in [2.45, 2.75) is 0 Å². The Morgan fingerprint density at radius 2 is 2.25 bits per heavy atom. The summed E-state index contributed by atoms with van der Waals surface area (Å²) in [6.07, 6.45) is 0. The van der Waals surface area contributed by atoms with E-state index in [0.717, 1.165) is 6.07 Å². The van der Waals surface area contributed by atoms with Crippen molar-refractivity contribution in [3.05, 3.63) is 29.6 Å². The zero-order valence-electron chi connectivity index (χ0n) is 6.47. The van der Waals surface area contributed by atoms with Crippen LogP contribution in [-0.2, 0) is 0 Å². The molecule has 2 N–H and O–H groups in total. The lowest BCUT2D eigenvalue weighted by molar-refractivity contribution is 0.0959. The molecule has 0 unspecified atom stereocenters. The van der Waals surface area contributed by atoms with Crippen molar-refractivity contribution >= 4 is 5.91 Å². The van der Waals surface area contributed by atoms with Gasteiger partial charge in [0.1, 0.15) is 0 Å². The molecule has 0 heterocycles. The van der Waals surface area contributed by atoms with Gasteiger partial charge in [0.2, 0.25) is 0 Å². The fourth-order valence-electron chi connectivity index (χ4n) is 0.833. The lowest BCUT2D eigenvalue weighted by Gasteiger charge is -2.02. The van der Waals surface area contributed by atoms with E-state index in [1.807, 2.05) is 0 Å². The van der Waals surface area contributed by atoms with E-state index < -0.39 is 17.5 Å². The van der Waals surface area contributed by atoms with E-state index in [2.05, 4.69) is 5.32 Å². The maximum atomic E-state index is 12.6. The molecule has 3 nitrogen and oxygen atoms in total. The Labute approximate surface area is 68.8 Å². The van der Waals surface area contributed by atoms with Crippen LogP contribution in [0, 0.1) is 5.82 Å². The number of carbonyl (C=O) groups excluding carboxylic acids is 1. The van der Waals surface area contributed by atoms with Gasteiger partial charge in [-0.2, -0.15) is 0 Å². The Kier molecular flexibility index (Phi) is 2.28. The van der Waals surface area contributed by atoms with Crippen molar-refractivity contribution < 1.29 is 14.3 Å². The van der Waals surface area contributed by atoms with Crippen molar-refractivity contribution in [1.82, 2.24) is 5.32 Å². The molecule has 0 aliphatic rings. The number of phenols is 1. The van der Waals surface area contributed by atoms with Gasteiger partial charge in [0.25, 0.3) is 5.91 Å². The van der Waals surface area contributed by atoms with E-state index in [-0.39, 0.29) is 5.56 Å². The number of hydrogen-bond acceptors (Lipinski definition) is 2. The van der Waals surface area contributed by atoms with Crippen LogP contribution in [0.5, 0.6) is 5.75 Å². The number of hydrogen-bond donors (Lipinski definition) is 2. The third kappa shape index (κ3) is 1.37. The predicted molar refractivity (Wildman–Crippen MR) is 41.5 cm³/mol. The van der Waals surface area contributed by atoms with Gasteiger partial charge >= 0.3 is 0 Å². The molecule has 0 radical (unpaired) electrons. The first kappa shape index (κ1) is 8.52. The van der Waals surface area contributed by atoms with Gasteiger partial charge in [0, 0.05) is 7.05 Å². The van der Waals surface area contributed by atoms with Crippen LogP contribution >= 0.6 is 0 Å². The highest BCUT2D eigenvalue weighted by Crippen LogP contribution is 2.19.